The lowest BCUT2D eigenvalue weighted by molar-refractivity contribution is -0.138. The quantitative estimate of drug-likeness (QED) is 0.843. The zero-order valence-corrected chi connectivity index (χ0v) is 12.3. The molecule has 2 atom stereocenters. The van der Waals surface area contributed by atoms with E-state index >= 15 is 0 Å². The maximum Gasteiger partial charge on any atom is 0.419 e. The van der Waals surface area contributed by atoms with Gasteiger partial charge in [0.2, 0.25) is 0 Å². The van der Waals surface area contributed by atoms with Crippen molar-refractivity contribution >= 4 is 0 Å². The van der Waals surface area contributed by atoms with Crippen molar-refractivity contribution in [2.45, 2.75) is 32.0 Å². The SMILES string of the molecule is CC1Cc2nnc(-c3ccc(O)c(C(F)(F)F)c3)cc2C(O)C1. The van der Waals surface area contributed by atoms with Gasteiger partial charge in [0, 0.05) is 11.1 Å². The van der Waals surface area contributed by atoms with Crippen LogP contribution in [-0.4, -0.2) is 20.4 Å². The molecule has 0 fully saturated rings. The van der Waals surface area contributed by atoms with Crippen LogP contribution in [0, 0.1) is 5.92 Å². The van der Waals surface area contributed by atoms with Gasteiger partial charge in [-0.15, -0.1) is 0 Å². The third kappa shape index (κ3) is 3.01. The topological polar surface area (TPSA) is 66.2 Å². The van der Waals surface area contributed by atoms with E-state index in [-0.39, 0.29) is 17.2 Å². The summed E-state index contributed by atoms with van der Waals surface area (Å²) in [4.78, 5) is 0. The summed E-state index contributed by atoms with van der Waals surface area (Å²) >= 11 is 0. The van der Waals surface area contributed by atoms with Crippen LogP contribution >= 0.6 is 0 Å². The summed E-state index contributed by atoms with van der Waals surface area (Å²) in [5.74, 6) is -0.552. The van der Waals surface area contributed by atoms with Gasteiger partial charge in [-0.3, -0.25) is 0 Å². The number of phenolic OH excluding ortho intramolecular Hbond substituents is 1. The standard InChI is InChI=1S/C16H15F3N2O2/c1-8-4-13-10(15(23)5-8)7-12(20-21-13)9-2-3-14(22)11(6-9)16(17,18)19/h2-3,6-8,15,22-23H,4-5H2,1H3. The Kier molecular flexibility index (Phi) is 3.75. The smallest absolute Gasteiger partial charge is 0.419 e. The summed E-state index contributed by atoms with van der Waals surface area (Å²) in [6.45, 7) is 2.00. The Labute approximate surface area is 130 Å². The number of rotatable bonds is 1. The number of aliphatic hydroxyl groups excluding tert-OH is 1. The number of hydrogen-bond donors (Lipinski definition) is 2. The van der Waals surface area contributed by atoms with Crippen molar-refractivity contribution in [3.8, 4) is 17.0 Å². The van der Waals surface area contributed by atoms with Crippen LogP contribution in [-0.2, 0) is 12.6 Å². The first-order chi connectivity index (χ1) is 10.8. The van der Waals surface area contributed by atoms with Gasteiger partial charge in [-0.2, -0.15) is 23.4 Å². The van der Waals surface area contributed by atoms with E-state index in [1.165, 1.54) is 6.07 Å². The van der Waals surface area contributed by atoms with E-state index in [0.717, 1.165) is 12.1 Å². The summed E-state index contributed by atoms with van der Waals surface area (Å²) in [5, 5.41) is 27.6. The van der Waals surface area contributed by atoms with Crippen LogP contribution in [0.3, 0.4) is 0 Å². The summed E-state index contributed by atoms with van der Waals surface area (Å²) in [6.07, 6.45) is -4.08. The molecule has 0 radical (unpaired) electrons. The molecule has 0 aliphatic heterocycles. The van der Waals surface area contributed by atoms with Gasteiger partial charge in [0.15, 0.2) is 0 Å². The van der Waals surface area contributed by atoms with Crippen LogP contribution in [0.15, 0.2) is 24.3 Å². The highest BCUT2D eigenvalue weighted by Gasteiger charge is 2.34. The van der Waals surface area contributed by atoms with Gasteiger partial charge in [-0.05, 0) is 43.0 Å². The summed E-state index contributed by atoms with van der Waals surface area (Å²) in [7, 11) is 0. The van der Waals surface area contributed by atoms with Crippen molar-refractivity contribution in [1.82, 2.24) is 10.2 Å². The minimum atomic E-state index is -4.66. The van der Waals surface area contributed by atoms with E-state index in [0.29, 0.717) is 24.1 Å². The van der Waals surface area contributed by atoms with Gasteiger partial charge in [0.1, 0.15) is 5.75 Å². The van der Waals surface area contributed by atoms with Crippen molar-refractivity contribution < 1.29 is 23.4 Å². The second kappa shape index (κ2) is 5.49. The Balaban J connectivity index is 2.05. The summed E-state index contributed by atoms with van der Waals surface area (Å²) in [6, 6.07) is 4.74. The summed E-state index contributed by atoms with van der Waals surface area (Å²) < 4.78 is 38.7. The molecule has 1 aromatic carbocycles. The van der Waals surface area contributed by atoms with Crippen molar-refractivity contribution in [3.05, 3.63) is 41.1 Å². The summed E-state index contributed by atoms with van der Waals surface area (Å²) in [5.41, 5.74) is 0.590. The van der Waals surface area contributed by atoms with E-state index in [4.69, 9.17) is 0 Å². The normalized spacial score (nSPS) is 21.1. The molecular weight excluding hydrogens is 309 g/mol. The van der Waals surface area contributed by atoms with Crippen molar-refractivity contribution in [2.24, 2.45) is 5.92 Å². The molecule has 0 bridgehead atoms. The van der Waals surface area contributed by atoms with E-state index < -0.39 is 23.6 Å². The van der Waals surface area contributed by atoms with Crippen molar-refractivity contribution in [2.75, 3.05) is 0 Å². The molecule has 0 amide bonds. The van der Waals surface area contributed by atoms with Crippen molar-refractivity contribution in [3.63, 3.8) is 0 Å². The molecule has 1 aromatic heterocycles. The Morgan fingerprint density at radius 2 is 1.91 bits per heavy atom. The number of hydrogen-bond acceptors (Lipinski definition) is 4. The first-order valence-corrected chi connectivity index (χ1v) is 7.21. The van der Waals surface area contributed by atoms with Gasteiger partial charge in [-0.25, -0.2) is 0 Å². The molecule has 0 spiro atoms. The molecule has 1 heterocycles. The fraction of sp³-hybridized carbons (Fsp3) is 0.375. The lowest BCUT2D eigenvalue weighted by Crippen LogP contribution is -2.18. The predicted molar refractivity (Wildman–Crippen MR) is 76.6 cm³/mol. The molecule has 2 unspecified atom stereocenters. The highest BCUT2D eigenvalue weighted by molar-refractivity contribution is 5.63. The molecule has 2 N–H and O–H groups in total. The number of alkyl halides is 3. The molecule has 23 heavy (non-hydrogen) atoms. The number of aliphatic hydroxyl groups is 1. The molecule has 1 aliphatic carbocycles. The number of benzene rings is 1. The second-order valence-electron chi connectivity index (χ2n) is 5.92. The van der Waals surface area contributed by atoms with Crippen LogP contribution in [0.25, 0.3) is 11.3 Å². The number of aromatic nitrogens is 2. The zero-order chi connectivity index (χ0) is 16.8. The maximum atomic E-state index is 12.9. The molecule has 1 aliphatic rings. The molecule has 0 saturated carbocycles. The second-order valence-corrected chi connectivity index (χ2v) is 5.92. The van der Waals surface area contributed by atoms with Crippen LogP contribution in [0.4, 0.5) is 13.2 Å². The fourth-order valence-corrected chi connectivity index (χ4v) is 2.86. The number of phenols is 1. The van der Waals surface area contributed by atoms with E-state index in [9.17, 15) is 23.4 Å². The average Bonchev–Trinajstić information content (AvgIpc) is 2.46. The lowest BCUT2D eigenvalue weighted by atomic mass is 9.86. The molecule has 4 nitrogen and oxygen atoms in total. The first kappa shape index (κ1) is 15.7. The molecule has 2 aromatic rings. The Morgan fingerprint density at radius 3 is 2.61 bits per heavy atom. The predicted octanol–water partition coefficient (Wildman–Crippen LogP) is 3.48. The number of halogens is 3. The van der Waals surface area contributed by atoms with Gasteiger partial charge < -0.3 is 10.2 Å². The first-order valence-electron chi connectivity index (χ1n) is 7.21. The van der Waals surface area contributed by atoms with Crippen LogP contribution < -0.4 is 0 Å². The maximum absolute atomic E-state index is 12.9. The van der Waals surface area contributed by atoms with Gasteiger partial charge in [-0.1, -0.05) is 6.92 Å². The van der Waals surface area contributed by atoms with E-state index in [2.05, 4.69) is 10.2 Å². The zero-order valence-electron chi connectivity index (χ0n) is 12.3. The molecular formula is C16H15F3N2O2. The van der Waals surface area contributed by atoms with Gasteiger partial charge >= 0.3 is 6.18 Å². The monoisotopic (exact) mass is 324 g/mol. The molecule has 3 rings (SSSR count). The van der Waals surface area contributed by atoms with E-state index in [1.54, 1.807) is 6.07 Å². The average molecular weight is 324 g/mol. The third-order valence-corrected chi connectivity index (χ3v) is 4.03. The Hall–Kier alpha value is -2.15. The highest BCUT2D eigenvalue weighted by Crippen LogP contribution is 2.39. The number of aromatic hydroxyl groups is 1. The molecule has 0 saturated heterocycles. The Bertz CT molecular complexity index is 747. The van der Waals surface area contributed by atoms with E-state index in [1.807, 2.05) is 6.92 Å². The third-order valence-electron chi connectivity index (χ3n) is 4.03. The fourth-order valence-electron chi connectivity index (χ4n) is 2.86. The van der Waals surface area contributed by atoms with Crippen molar-refractivity contribution in [1.29, 1.82) is 0 Å². The minimum Gasteiger partial charge on any atom is -0.507 e. The van der Waals surface area contributed by atoms with Gasteiger partial charge in [0.05, 0.1) is 23.1 Å². The van der Waals surface area contributed by atoms with Gasteiger partial charge in [0.25, 0.3) is 0 Å². The highest BCUT2D eigenvalue weighted by atomic mass is 19.4. The largest absolute Gasteiger partial charge is 0.507 e. The Morgan fingerprint density at radius 1 is 1.17 bits per heavy atom. The van der Waals surface area contributed by atoms with Crippen LogP contribution in [0.2, 0.25) is 0 Å². The van der Waals surface area contributed by atoms with Crippen LogP contribution in [0.5, 0.6) is 5.75 Å². The minimum absolute atomic E-state index is 0.191. The molecule has 7 heteroatoms. The molecule has 122 valence electrons. The number of fused-ring (bicyclic) bond motifs is 1. The number of nitrogens with zero attached hydrogens (tertiary/aromatic N) is 2. The van der Waals surface area contributed by atoms with Crippen LogP contribution in [0.1, 0.15) is 36.3 Å². The lowest BCUT2D eigenvalue weighted by Gasteiger charge is -2.25.